The summed E-state index contributed by atoms with van der Waals surface area (Å²) >= 11 is 1.44. The molecule has 4 rings (SSSR count). The van der Waals surface area contributed by atoms with E-state index < -0.39 is 0 Å². The van der Waals surface area contributed by atoms with Crippen LogP contribution in [0.1, 0.15) is 5.82 Å². The van der Waals surface area contributed by atoms with Crippen molar-refractivity contribution in [3.63, 3.8) is 0 Å². The molecular formula is C17H13N5OS. The van der Waals surface area contributed by atoms with Crippen molar-refractivity contribution in [2.45, 2.75) is 11.0 Å². The molecule has 0 fully saturated rings. The smallest absolute Gasteiger partial charge is 0.257 e. The number of H-pyrrole nitrogens is 1. The molecule has 0 spiro atoms. The number of hydrogen-bond acceptors (Lipinski definition) is 6. The molecule has 2 heterocycles. The summed E-state index contributed by atoms with van der Waals surface area (Å²) in [5.41, 5.74) is 2.85. The predicted molar refractivity (Wildman–Crippen MR) is 91.1 cm³/mol. The first-order valence-corrected chi connectivity index (χ1v) is 8.35. The van der Waals surface area contributed by atoms with E-state index in [4.69, 9.17) is 4.42 Å². The number of thioether (sulfide) groups is 1. The lowest BCUT2D eigenvalue weighted by molar-refractivity contribution is 0.466. The summed E-state index contributed by atoms with van der Waals surface area (Å²) in [5.74, 6) is 1.91. The Morgan fingerprint density at radius 3 is 2.29 bits per heavy atom. The summed E-state index contributed by atoms with van der Waals surface area (Å²) in [6.45, 7) is 0. The van der Waals surface area contributed by atoms with E-state index in [1.54, 1.807) is 0 Å². The minimum Gasteiger partial charge on any atom is -0.431 e. The molecule has 2 aromatic heterocycles. The fraction of sp³-hybridized carbons (Fsp3) is 0.0588. The molecule has 0 atom stereocenters. The molecule has 0 radical (unpaired) electrons. The number of tetrazole rings is 1. The third-order valence-electron chi connectivity index (χ3n) is 3.40. The summed E-state index contributed by atoms with van der Waals surface area (Å²) in [7, 11) is 0. The molecule has 0 aliphatic heterocycles. The lowest BCUT2D eigenvalue weighted by Crippen LogP contribution is -1.84. The Morgan fingerprint density at radius 2 is 1.62 bits per heavy atom. The molecule has 2 aromatic carbocycles. The minimum atomic E-state index is 0.541. The lowest BCUT2D eigenvalue weighted by Gasteiger charge is -2.00. The molecule has 6 nitrogen and oxygen atoms in total. The van der Waals surface area contributed by atoms with E-state index in [1.807, 2.05) is 60.7 Å². The van der Waals surface area contributed by atoms with E-state index in [-0.39, 0.29) is 0 Å². The van der Waals surface area contributed by atoms with Crippen LogP contribution in [0.3, 0.4) is 0 Å². The fourth-order valence-electron chi connectivity index (χ4n) is 2.31. The highest BCUT2D eigenvalue weighted by Gasteiger charge is 2.17. The first-order chi connectivity index (χ1) is 11.9. The van der Waals surface area contributed by atoms with Crippen molar-refractivity contribution in [2.24, 2.45) is 0 Å². The van der Waals surface area contributed by atoms with Gasteiger partial charge in [0.25, 0.3) is 5.22 Å². The monoisotopic (exact) mass is 335 g/mol. The van der Waals surface area contributed by atoms with Gasteiger partial charge in [-0.1, -0.05) is 77.6 Å². The van der Waals surface area contributed by atoms with Crippen LogP contribution in [0, 0.1) is 0 Å². The zero-order chi connectivity index (χ0) is 16.2. The highest BCUT2D eigenvalue weighted by atomic mass is 32.2. The number of oxazole rings is 1. The van der Waals surface area contributed by atoms with Crippen molar-refractivity contribution < 1.29 is 4.42 Å². The van der Waals surface area contributed by atoms with E-state index in [9.17, 15) is 0 Å². The van der Waals surface area contributed by atoms with Gasteiger partial charge in [-0.25, -0.2) is 4.98 Å². The van der Waals surface area contributed by atoms with E-state index in [0.717, 1.165) is 22.6 Å². The molecule has 7 heteroatoms. The van der Waals surface area contributed by atoms with Crippen molar-refractivity contribution in [3.8, 4) is 22.6 Å². The van der Waals surface area contributed by atoms with Crippen LogP contribution < -0.4 is 0 Å². The molecule has 0 aliphatic rings. The molecular weight excluding hydrogens is 322 g/mol. The summed E-state index contributed by atoms with van der Waals surface area (Å²) in [6.07, 6.45) is 0. The van der Waals surface area contributed by atoms with Crippen LogP contribution in [0.15, 0.2) is 70.3 Å². The second-order valence-electron chi connectivity index (χ2n) is 5.01. The van der Waals surface area contributed by atoms with Crippen LogP contribution >= 0.6 is 11.8 Å². The van der Waals surface area contributed by atoms with E-state index >= 15 is 0 Å². The maximum atomic E-state index is 6.02. The molecule has 0 saturated carbocycles. The molecule has 0 saturated heterocycles. The van der Waals surface area contributed by atoms with Gasteiger partial charge >= 0.3 is 0 Å². The van der Waals surface area contributed by atoms with Crippen molar-refractivity contribution >= 4 is 11.8 Å². The molecule has 0 bridgehead atoms. The summed E-state index contributed by atoms with van der Waals surface area (Å²) in [6, 6.07) is 20.0. The highest BCUT2D eigenvalue weighted by molar-refractivity contribution is 7.98. The third kappa shape index (κ3) is 3.07. The maximum absolute atomic E-state index is 6.02. The van der Waals surface area contributed by atoms with Gasteiger partial charge in [0.05, 0.1) is 5.75 Å². The summed E-state index contributed by atoms with van der Waals surface area (Å²) in [5, 5.41) is 14.5. The molecule has 1 N–H and O–H groups in total. The average Bonchev–Trinajstić information content (AvgIpc) is 3.31. The van der Waals surface area contributed by atoms with Crippen LogP contribution in [-0.4, -0.2) is 25.6 Å². The van der Waals surface area contributed by atoms with Gasteiger partial charge in [0.1, 0.15) is 5.69 Å². The Hall–Kier alpha value is -2.93. The number of aromatic amines is 1. The maximum Gasteiger partial charge on any atom is 0.257 e. The topological polar surface area (TPSA) is 80.5 Å². The molecule has 0 amide bonds. The van der Waals surface area contributed by atoms with Gasteiger partial charge in [-0.05, 0) is 0 Å². The minimum absolute atomic E-state index is 0.541. The number of aromatic nitrogens is 5. The molecule has 24 heavy (non-hydrogen) atoms. The van der Waals surface area contributed by atoms with Gasteiger partial charge in [0.15, 0.2) is 11.6 Å². The van der Waals surface area contributed by atoms with E-state index in [1.165, 1.54) is 11.8 Å². The summed E-state index contributed by atoms with van der Waals surface area (Å²) in [4.78, 5) is 4.67. The highest BCUT2D eigenvalue weighted by Crippen LogP contribution is 2.35. The zero-order valence-electron chi connectivity index (χ0n) is 12.6. The molecule has 0 unspecified atom stereocenters. The molecule has 0 aliphatic carbocycles. The Labute approximate surface area is 142 Å². The summed E-state index contributed by atoms with van der Waals surface area (Å²) < 4.78 is 6.02. The van der Waals surface area contributed by atoms with Gasteiger partial charge in [0.2, 0.25) is 0 Å². The number of hydrogen-bond donors (Lipinski definition) is 1. The van der Waals surface area contributed by atoms with E-state index in [0.29, 0.717) is 16.8 Å². The van der Waals surface area contributed by atoms with Crippen molar-refractivity contribution in [2.75, 3.05) is 0 Å². The second-order valence-corrected chi connectivity index (χ2v) is 5.93. The Bertz CT molecular complexity index is 850. The number of nitrogens with one attached hydrogen (secondary N) is 1. The molecule has 4 aromatic rings. The third-order valence-corrected chi connectivity index (χ3v) is 4.23. The fourth-order valence-corrected chi connectivity index (χ4v) is 2.98. The number of nitrogens with zero attached hydrogens (tertiary/aromatic N) is 4. The van der Waals surface area contributed by atoms with Crippen LogP contribution in [0.5, 0.6) is 0 Å². The lowest BCUT2D eigenvalue weighted by atomic mass is 10.1. The quantitative estimate of drug-likeness (QED) is 0.559. The van der Waals surface area contributed by atoms with Crippen LogP contribution in [0.2, 0.25) is 0 Å². The van der Waals surface area contributed by atoms with Crippen LogP contribution in [0.4, 0.5) is 0 Å². The first-order valence-electron chi connectivity index (χ1n) is 7.37. The SMILES string of the molecule is c1ccc(-c2nc(SCc3nn[nH]n3)oc2-c2ccccc2)cc1. The van der Waals surface area contributed by atoms with Crippen LogP contribution in [-0.2, 0) is 5.75 Å². The number of rotatable bonds is 5. The number of benzene rings is 2. The largest absolute Gasteiger partial charge is 0.431 e. The van der Waals surface area contributed by atoms with Crippen molar-refractivity contribution in [1.29, 1.82) is 0 Å². The van der Waals surface area contributed by atoms with Crippen LogP contribution in [0.25, 0.3) is 22.6 Å². The van der Waals surface area contributed by atoms with Crippen molar-refractivity contribution in [1.82, 2.24) is 25.6 Å². The predicted octanol–water partition coefficient (Wildman–Crippen LogP) is 3.81. The average molecular weight is 335 g/mol. The van der Waals surface area contributed by atoms with Gasteiger partial charge in [-0.15, -0.1) is 10.2 Å². The van der Waals surface area contributed by atoms with Crippen molar-refractivity contribution in [3.05, 3.63) is 66.5 Å². The normalized spacial score (nSPS) is 10.8. The van der Waals surface area contributed by atoms with Gasteiger partial charge in [-0.2, -0.15) is 5.21 Å². The molecule has 118 valence electrons. The standard InChI is InChI=1S/C17H13N5OS/c1-3-7-12(8-4-1)15-16(13-9-5-2-6-10-13)23-17(18-15)24-11-14-19-21-22-20-14/h1-10H,11H2,(H,19,20,21,22). The van der Waals surface area contributed by atoms with Gasteiger partial charge < -0.3 is 4.42 Å². The Morgan fingerprint density at radius 1 is 0.917 bits per heavy atom. The Kier molecular flexibility index (Phi) is 4.07. The van der Waals surface area contributed by atoms with Gasteiger partial charge in [-0.3, -0.25) is 0 Å². The zero-order valence-corrected chi connectivity index (χ0v) is 13.4. The Balaban J connectivity index is 1.71. The van der Waals surface area contributed by atoms with E-state index in [2.05, 4.69) is 25.6 Å². The second kappa shape index (κ2) is 6.67. The first kappa shape index (κ1) is 14.6. The van der Waals surface area contributed by atoms with Gasteiger partial charge in [0, 0.05) is 11.1 Å².